The zero-order valence-electron chi connectivity index (χ0n) is 11.3. The number of unbranched alkanes of at least 4 members (excludes halogenated alkanes) is 5. The maximum Gasteiger partial charge on any atom is 0.142 e. The van der Waals surface area contributed by atoms with Crippen molar-refractivity contribution in [3.63, 3.8) is 0 Å². The molecule has 0 bridgehead atoms. The topological polar surface area (TPSA) is 20.2 Å². The van der Waals surface area contributed by atoms with Crippen LogP contribution in [0.1, 0.15) is 63.5 Å². The van der Waals surface area contributed by atoms with E-state index in [1.807, 2.05) is 0 Å². The van der Waals surface area contributed by atoms with E-state index in [2.05, 4.69) is 6.92 Å². The molecule has 0 spiro atoms. The molecule has 0 saturated heterocycles. The van der Waals surface area contributed by atoms with Gasteiger partial charge in [0.1, 0.15) is 11.6 Å². The van der Waals surface area contributed by atoms with Crippen LogP contribution in [-0.4, -0.2) is 5.11 Å². The van der Waals surface area contributed by atoms with E-state index in [-0.39, 0.29) is 10.6 Å². The molecular weight excluding hydrogens is 270 g/mol. The average molecular weight is 291 g/mol. The lowest BCUT2D eigenvalue weighted by molar-refractivity contribution is 0.158. The van der Waals surface area contributed by atoms with E-state index in [9.17, 15) is 13.9 Å². The molecule has 0 aromatic heterocycles. The summed E-state index contributed by atoms with van der Waals surface area (Å²) in [6.07, 6.45) is 6.04. The van der Waals surface area contributed by atoms with Crippen LogP contribution in [0.2, 0.25) is 5.02 Å². The van der Waals surface area contributed by atoms with Gasteiger partial charge in [0.2, 0.25) is 0 Å². The van der Waals surface area contributed by atoms with Gasteiger partial charge in [0.25, 0.3) is 0 Å². The molecule has 1 unspecified atom stereocenters. The minimum absolute atomic E-state index is 0.00421. The second-order valence-electron chi connectivity index (χ2n) is 4.86. The molecule has 0 aliphatic carbocycles. The zero-order chi connectivity index (χ0) is 14.3. The molecule has 0 radical (unpaired) electrons. The van der Waals surface area contributed by atoms with Crippen molar-refractivity contribution >= 4 is 11.6 Å². The summed E-state index contributed by atoms with van der Waals surface area (Å²) in [5.41, 5.74) is -0.00421. The largest absolute Gasteiger partial charge is 0.388 e. The third kappa shape index (κ3) is 5.45. The molecule has 4 heteroatoms. The van der Waals surface area contributed by atoms with Gasteiger partial charge in [-0.15, -0.1) is 0 Å². The maximum absolute atomic E-state index is 13.5. The van der Waals surface area contributed by atoms with E-state index < -0.39 is 17.7 Å². The molecule has 1 aromatic rings. The van der Waals surface area contributed by atoms with Crippen LogP contribution < -0.4 is 0 Å². The summed E-state index contributed by atoms with van der Waals surface area (Å²) in [5.74, 6) is -1.34. The normalized spacial score (nSPS) is 12.7. The Morgan fingerprint density at radius 1 is 1.05 bits per heavy atom. The third-order valence-corrected chi connectivity index (χ3v) is 3.52. The Hall–Kier alpha value is -0.670. The van der Waals surface area contributed by atoms with Crippen LogP contribution >= 0.6 is 11.6 Å². The SMILES string of the molecule is CCCCCCCCC(O)c1cc(F)c(Cl)cc1F. The summed E-state index contributed by atoms with van der Waals surface area (Å²) in [4.78, 5) is 0. The van der Waals surface area contributed by atoms with E-state index in [0.717, 1.165) is 31.4 Å². The van der Waals surface area contributed by atoms with Gasteiger partial charge in [0.15, 0.2) is 0 Å². The molecule has 0 fully saturated rings. The highest BCUT2D eigenvalue weighted by Crippen LogP contribution is 2.27. The Balaban J connectivity index is 2.41. The maximum atomic E-state index is 13.5. The van der Waals surface area contributed by atoms with Crippen molar-refractivity contribution in [1.82, 2.24) is 0 Å². The molecule has 1 N–H and O–H groups in total. The number of aliphatic hydroxyl groups excluding tert-OH is 1. The standard InChI is InChI=1S/C15H21ClF2O/c1-2-3-4-5-6-7-8-15(19)11-9-14(18)12(16)10-13(11)17/h9-10,15,19H,2-8H2,1H3. The summed E-state index contributed by atoms with van der Waals surface area (Å²) < 4.78 is 26.8. The summed E-state index contributed by atoms with van der Waals surface area (Å²) in [7, 11) is 0. The highest BCUT2D eigenvalue weighted by atomic mass is 35.5. The molecule has 1 nitrogen and oxygen atoms in total. The lowest BCUT2D eigenvalue weighted by atomic mass is 10.0. The predicted octanol–water partition coefficient (Wildman–Crippen LogP) is 5.40. The van der Waals surface area contributed by atoms with Gasteiger partial charge in [-0.2, -0.15) is 0 Å². The van der Waals surface area contributed by atoms with Crippen LogP contribution in [0.25, 0.3) is 0 Å². The highest BCUT2D eigenvalue weighted by molar-refractivity contribution is 6.30. The Morgan fingerprint density at radius 2 is 1.68 bits per heavy atom. The second-order valence-corrected chi connectivity index (χ2v) is 5.27. The Kier molecular flexibility index (Phi) is 7.32. The van der Waals surface area contributed by atoms with Crippen LogP contribution in [0.3, 0.4) is 0 Å². The molecule has 0 aliphatic heterocycles. The number of hydrogen-bond acceptors (Lipinski definition) is 1. The van der Waals surface area contributed by atoms with E-state index in [0.29, 0.717) is 6.42 Å². The minimum atomic E-state index is -0.960. The first-order valence-corrected chi connectivity index (χ1v) is 7.26. The van der Waals surface area contributed by atoms with Gasteiger partial charge in [-0.25, -0.2) is 8.78 Å². The average Bonchev–Trinajstić information content (AvgIpc) is 2.37. The number of halogens is 3. The number of benzene rings is 1. The number of hydrogen-bond donors (Lipinski definition) is 1. The Bertz CT molecular complexity index is 396. The smallest absolute Gasteiger partial charge is 0.142 e. The van der Waals surface area contributed by atoms with E-state index in [1.165, 1.54) is 19.3 Å². The van der Waals surface area contributed by atoms with Gasteiger partial charge in [-0.1, -0.05) is 57.0 Å². The van der Waals surface area contributed by atoms with Gasteiger partial charge in [-0.3, -0.25) is 0 Å². The van der Waals surface area contributed by atoms with Crippen molar-refractivity contribution in [3.8, 4) is 0 Å². The van der Waals surface area contributed by atoms with Gasteiger partial charge in [0.05, 0.1) is 11.1 Å². The van der Waals surface area contributed by atoms with Crippen molar-refractivity contribution in [1.29, 1.82) is 0 Å². The third-order valence-electron chi connectivity index (χ3n) is 3.23. The quantitative estimate of drug-likeness (QED) is 0.502. The van der Waals surface area contributed by atoms with E-state index >= 15 is 0 Å². The van der Waals surface area contributed by atoms with Crippen LogP contribution in [0.5, 0.6) is 0 Å². The van der Waals surface area contributed by atoms with Gasteiger partial charge in [-0.05, 0) is 18.6 Å². The van der Waals surface area contributed by atoms with Gasteiger partial charge in [0, 0.05) is 5.56 Å². The monoisotopic (exact) mass is 290 g/mol. The fourth-order valence-corrected chi connectivity index (χ4v) is 2.22. The number of rotatable bonds is 8. The summed E-state index contributed by atoms with van der Waals surface area (Å²) >= 11 is 5.47. The Morgan fingerprint density at radius 3 is 2.37 bits per heavy atom. The van der Waals surface area contributed by atoms with Crippen molar-refractivity contribution in [2.24, 2.45) is 0 Å². The summed E-state index contributed by atoms with van der Waals surface area (Å²) in [6.45, 7) is 2.15. The van der Waals surface area contributed by atoms with Crippen molar-refractivity contribution in [2.45, 2.75) is 58.0 Å². The molecule has 0 heterocycles. The summed E-state index contributed by atoms with van der Waals surface area (Å²) in [5, 5.41) is 9.61. The molecular formula is C15H21ClF2O. The Labute approximate surface area is 118 Å². The van der Waals surface area contributed by atoms with Gasteiger partial charge < -0.3 is 5.11 Å². The first-order chi connectivity index (χ1) is 9.06. The first-order valence-electron chi connectivity index (χ1n) is 6.88. The van der Waals surface area contributed by atoms with Crippen LogP contribution in [-0.2, 0) is 0 Å². The molecule has 1 atom stereocenters. The zero-order valence-corrected chi connectivity index (χ0v) is 12.0. The van der Waals surface area contributed by atoms with Crippen LogP contribution in [0.4, 0.5) is 8.78 Å². The molecule has 0 amide bonds. The minimum Gasteiger partial charge on any atom is -0.388 e. The lowest BCUT2D eigenvalue weighted by Crippen LogP contribution is -2.02. The van der Waals surface area contributed by atoms with E-state index in [4.69, 9.17) is 11.6 Å². The van der Waals surface area contributed by atoms with Crippen LogP contribution in [0.15, 0.2) is 12.1 Å². The van der Waals surface area contributed by atoms with Crippen molar-refractivity contribution < 1.29 is 13.9 Å². The molecule has 0 aliphatic rings. The predicted molar refractivity (Wildman–Crippen MR) is 74.3 cm³/mol. The lowest BCUT2D eigenvalue weighted by Gasteiger charge is -2.12. The molecule has 0 saturated carbocycles. The number of aliphatic hydroxyl groups is 1. The highest BCUT2D eigenvalue weighted by Gasteiger charge is 2.15. The molecule has 1 aromatic carbocycles. The van der Waals surface area contributed by atoms with Crippen molar-refractivity contribution in [3.05, 3.63) is 34.4 Å². The summed E-state index contributed by atoms with van der Waals surface area (Å²) in [6, 6.07) is 1.90. The first kappa shape index (κ1) is 16.4. The van der Waals surface area contributed by atoms with Gasteiger partial charge >= 0.3 is 0 Å². The molecule has 19 heavy (non-hydrogen) atoms. The van der Waals surface area contributed by atoms with Crippen LogP contribution in [0, 0.1) is 11.6 Å². The molecule has 108 valence electrons. The fourth-order valence-electron chi connectivity index (χ4n) is 2.07. The fraction of sp³-hybridized carbons (Fsp3) is 0.600. The second kappa shape index (κ2) is 8.49. The molecule has 1 rings (SSSR count). The van der Waals surface area contributed by atoms with E-state index in [1.54, 1.807) is 0 Å². The van der Waals surface area contributed by atoms with Crippen molar-refractivity contribution in [2.75, 3.05) is 0 Å².